The molecule has 1 heterocycles. The Morgan fingerprint density at radius 1 is 1.15 bits per heavy atom. The smallest absolute Gasteiger partial charge is 0.348 e. The van der Waals surface area contributed by atoms with E-state index in [4.69, 9.17) is 4.74 Å². The predicted molar refractivity (Wildman–Crippen MR) is 100 cm³/mol. The third-order valence-electron chi connectivity index (χ3n) is 4.88. The van der Waals surface area contributed by atoms with Crippen LogP contribution in [-0.4, -0.2) is 40.6 Å². The highest BCUT2D eigenvalue weighted by molar-refractivity contribution is 5.84. The summed E-state index contributed by atoms with van der Waals surface area (Å²) in [4.78, 5) is 25.8. The maximum Gasteiger partial charge on any atom is 0.348 e. The molecule has 0 spiro atoms. The van der Waals surface area contributed by atoms with Gasteiger partial charge in [0.15, 0.2) is 0 Å². The molecule has 0 saturated carbocycles. The van der Waals surface area contributed by atoms with E-state index in [1.165, 1.54) is 0 Å². The van der Waals surface area contributed by atoms with Gasteiger partial charge in [0, 0.05) is 32.4 Å². The first-order valence-electron chi connectivity index (χ1n) is 8.84. The van der Waals surface area contributed by atoms with Gasteiger partial charge in [-0.3, -0.25) is 4.79 Å². The summed E-state index contributed by atoms with van der Waals surface area (Å²) < 4.78 is 5.97. The number of fused-ring (bicyclic) bond motifs is 1. The first-order chi connectivity index (χ1) is 12.5. The van der Waals surface area contributed by atoms with Crippen molar-refractivity contribution < 1.29 is 19.4 Å². The van der Waals surface area contributed by atoms with Crippen molar-refractivity contribution in [2.24, 2.45) is 0 Å². The van der Waals surface area contributed by atoms with Crippen LogP contribution in [0.2, 0.25) is 0 Å². The van der Waals surface area contributed by atoms with E-state index in [2.05, 4.69) is 0 Å². The number of benzene rings is 2. The molecule has 1 amide bonds. The number of hydrogen-bond acceptors (Lipinski definition) is 3. The normalized spacial score (nSPS) is 16.7. The Morgan fingerprint density at radius 3 is 2.50 bits per heavy atom. The summed E-state index contributed by atoms with van der Waals surface area (Å²) in [6.07, 6.45) is 4.55. The number of carboxylic acid groups (broad SMARTS) is 1. The molecule has 1 aliphatic heterocycles. The molecular weight excluding hydrogens is 330 g/mol. The molecule has 5 nitrogen and oxygen atoms in total. The average molecular weight is 353 g/mol. The summed E-state index contributed by atoms with van der Waals surface area (Å²) in [5, 5.41) is 11.9. The zero-order valence-corrected chi connectivity index (χ0v) is 14.9. The largest absolute Gasteiger partial charge is 0.478 e. The molecular formula is C21H23NO4. The van der Waals surface area contributed by atoms with E-state index in [9.17, 15) is 14.7 Å². The van der Waals surface area contributed by atoms with Crippen molar-refractivity contribution in [3.8, 4) is 5.75 Å². The maximum absolute atomic E-state index is 12.1. The minimum Gasteiger partial charge on any atom is -0.478 e. The summed E-state index contributed by atoms with van der Waals surface area (Å²) in [6.45, 7) is 2.64. The van der Waals surface area contributed by atoms with E-state index < -0.39 is 11.6 Å². The van der Waals surface area contributed by atoms with Gasteiger partial charge in [0.1, 0.15) is 5.75 Å². The van der Waals surface area contributed by atoms with Gasteiger partial charge in [-0.15, -0.1) is 0 Å². The minimum atomic E-state index is -1.29. The minimum absolute atomic E-state index is 0.0211. The lowest BCUT2D eigenvalue weighted by Crippen LogP contribution is -2.54. The summed E-state index contributed by atoms with van der Waals surface area (Å²) >= 11 is 0. The Morgan fingerprint density at radius 2 is 1.85 bits per heavy atom. The Kier molecular flexibility index (Phi) is 5.26. The molecule has 2 aromatic carbocycles. The van der Waals surface area contributed by atoms with Crippen molar-refractivity contribution in [1.29, 1.82) is 0 Å². The van der Waals surface area contributed by atoms with Crippen LogP contribution in [0.1, 0.15) is 26.2 Å². The number of ether oxygens (including phenoxy) is 1. The molecule has 2 aromatic rings. The first-order valence-corrected chi connectivity index (χ1v) is 8.84. The lowest BCUT2D eigenvalue weighted by molar-refractivity contribution is -0.161. The molecule has 0 bridgehead atoms. The summed E-state index contributed by atoms with van der Waals surface area (Å²) in [5.74, 6) is -0.418. The number of allylic oxidation sites excluding steroid dienone is 1. The number of hydrogen-bond donors (Lipinski definition) is 1. The van der Waals surface area contributed by atoms with Gasteiger partial charge >= 0.3 is 5.97 Å². The molecule has 1 N–H and O–H groups in total. The van der Waals surface area contributed by atoms with Gasteiger partial charge in [-0.1, -0.05) is 42.5 Å². The topological polar surface area (TPSA) is 66.8 Å². The van der Waals surface area contributed by atoms with E-state index >= 15 is 0 Å². The van der Waals surface area contributed by atoms with Gasteiger partial charge in [-0.25, -0.2) is 4.79 Å². The molecule has 0 radical (unpaired) electrons. The molecule has 136 valence electrons. The van der Waals surface area contributed by atoms with Crippen LogP contribution >= 0.6 is 0 Å². The summed E-state index contributed by atoms with van der Waals surface area (Å²) in [5.41, 5.74) is -1.29. The van der Waals surface area contributed by atoms with Crippen LogP contribution in [0.25, 0.3) is 10.8 Å². The van der Waals surface area contributed by atoms with E-state index in [-0.39, 0.29) is 18.7 Å². The highest BCUT2D eigenvalue weighted by Crippen LogP contribution is 2.31. The monoisotopic (exact) mass is 353 g/mol. The zero-order valence-electron chi connectivity index (χ0n) is 14.9. The van der Waals surface area contributed by atoms with Crippen LogP contribution in [-0.2, 0) is 9.59 Å². The third kappa shape index (κ3) is 3.72. The number of likely N-dealkylation sites (tertiary alicyclic amines) is 1. The number of carbonyl (C=O) groups is 2. The summed E-state index contributed by atoms with van der Waals surface area (Å²) in [7, 11) is 0. The molecule has 1 aliphatic rings. The molecule has 3 rings (SSSR count). The lowest BCUT2D eigenvalue weighted by atomic mass is 9.90. The zero-order chi connectivity index (χ0) is 18.6. The van der Waals surface area contributed by atoms with Crippen molar-refractivity contribution in [2.75, 3.05) is 13.1 Å². The predicted octanol–water partition coefficient (Wildman–Crippen LogP) is 3.63. The second-order valence-corrected chi connectivity index (χ2v) is 6.56. The van der Waals surface area contributed by atoms with E-state index in [1.807, 2.05) is 55.5 Å². The Hall–Kier alpha value is -2.82. The molecule has 0 atom stereocenters. The van der Waals surface area contributed by atoms with Gasteiger partial charge in [-0.05, 0) is 29.8 Å². The average Bonchev–Trinajstić information content (AvgIpc) is 2.66. The quantitative estimate of drug-likeness (QED) is 0.834. The van der Waals surface area contributed by atoms with Crippen molar-refractivity contribution in [1.82, 2.24) is 4.90 Å². The van der Waals surface area contributed by atoms with Crippen molar-refractivity contribution in [3.63, 3.8) is 0 Å². The van der Waals surface area contributed by atoms with Crippen molar-refractivity contribution in [2.45, 2.75) is 31.8 Å². The van der Waals surface area contributed by atoms with Crippen LogP contribution < -0.4 is 4.74 Å². The number of aliphatic carboxylic acids is 1. The van der Waals surface area contributed by atoms with E-state index in [0.29, 0.717) is 25.3 Å². The van der Waals surface area contributed by atoms with Gasteiger partial charge in [0.05, 0.1) is 0 Å². The molecule has 26 heavy (non-hydrogen) atoms. The lowest BCUT2D eigenvalue weighted by Gasteiger charge is -2.38. The maximum atomic E-state index is 12.1. The van der Waals surface area contributed by atoms with Crippen molar-refractivity contribution >= 4 is 22.6 Å². The second kappa shape index (κ2) is 7.60. The van der Waals surface area contributed by atoms with Gasteiger partial charge < -0.3 is 14.7 Å². The highest BCUT2D eigenvalue weighted by atomic mass is 16.5. The Labute approximate surface area is 152 Å². The number of carbonyl (C=O) groups excluding carboxylic acids is 1. The molecule has 5 heteroatoms. The van der Waals surface area contributed by atoms with Gasteiger partial charge in [0.2, 0.25) is 11.5 Å². The fourth-order valence-electron chi connectivity index (χ4n) is 3.28. The van der Waals surface area contributed by atoms with E-state index in [1.54, 1.807) is 11.0 Å². The highest BCUT2D eigenvalue weighted by Gasteiger charge is 2.44. The first kappa shape index (κ1) is 18.0. The van der Waals surface area contributed by atoms with Gasteiger partial charge in [-0.2, -0.15) is 0 Å². The molecule has 1 fully saturated rings. The molecule has 0 unspecified atom stereocenters. The van der Waals surface area contributed by atoms with Crippen LogP contribution in [0.15, 0.2) is 54.6 Å². The standard InChI is InChI=1S/C21H23NO4/c1-2-3-8-19(23)22-13-11-21(12-14-22,20(24)25)26-18-10-9-16-6-4-5-7-17(16)15-18/h2-7,9-10,15H,8,11-14H2,1H3,(H,24,25). The number of amides is 1. The van der Waals surface area contributed by atoms with Gasteiger partial charge in [0.25, 0.3) is 0 Å². The second-order valence-electron chi connectivity index (χ2n) is 6.56. The molecule has 1 saturated heterocycles. The number of nitrogens with zero attached hydrogens (tertiary/aromatic N) is 1. The third-order valence-corrected chi connectivity index (χ3v) is 4.88. The van der Waals surface area contributed by atoms with Crippen molar-refractivity contribution in [3.05, 3.63) is 54.6 Å². The Bertz CT molecular complexity index is 835. The molecule has 0 aliphatic carbocycles. The fraction of sp³-hybridized carbons (Fsp3) is 0.333. The number of piperidine rings is 1. The van der Waals surface area contributed by atoms with Crippen LogP contribution in [0.4, 0.5) is 0 Å². The van der Waals surface area contributed by atoms with Crippen LogP contribution in [0, 0.1) is 0 Å². The Balaban J connectivity index is 1.75. The van der Waals surface area contributed by atoms with Crippen LogP contribution in [0.5, 0.6) is 5.75 Å². The number of carboxylic acids is 1. The summed E-state index contributed by atoms with van der Waals surface area (Å²) in [6, 6.07) is 13.5. The SMILES string of the molecule is CC=CCC(=O)N1CCC(Oc2ccc3ccccc3c2)(C(=O)O)CC1. The van der Waals surface area contributed by atoms with E-state index in [0.717, 1.165) is 10.8 Å². The van der Waals surface area contributed by atoms with Crippen LogP contribution in [0.3, 0.4) is 0 Å². The fourth-order valence-corrected chi connectivity index (χ4v) is 3.28. The molecule has 0 aromatic heterocycles. The number of rotatable bonds is 5.